The Labute approximate surface area is 176 Å². The second kappa shape index (κ2) is 9.48. The third-order valence-electron chi connectivity index (χ3n) is 5.34. The van der Waals surface area contributed by atoms with Crippen molar-refractivity contribution in [2.75, 3.05) is 19.6 Å². The van der Waals surface area contributed by atoms with Crippen LogP contribution in [-0.2, 0) is 16.1 Å². The second-order valence-corrected chi connectivity index (χ2v) is 8.90. The lowest BCUT2D eigenvalue weighted by molar-refractivity contribution is -0.136. The van der Waals surface area contributed by atoms with Gasteiger partial charge in [0.15, 0.2) is 0 Å². The predicted octanol–water partition coefficient (Wildman–Crippen LogP) is 3.34. The Morgan fingerprint density at radius 1 is 1.21 bits per heavy atom. The predicted molar refractivity (Wildman–Crippen MR) is 115 cm³/mol. The molecule has 2 atom stereocenters. The molecule has 1 fully saturated rings. The van der Waals surface area contributed by atoms with E-state index in [2.05, 4.69) is 13.8 Å². The zero-order valence-corrected chi connectivity index (χ0v) is 18.1. The average molecular weight is 416 g/mol. The van der Waals surface area contributed by atoms with Crippen LogP contribution in [0.3, 0.4) is 0 Å². The number of imide groups is 1. The van der Waals surface area contributed by atoms with Crippen molar-refractivity contribution in [2.45, 2.75) is 45.0 Å². The van der Waals surface area contributed by atoms with Crippen LogP contribution in [0.15, 0.2) is 41.8 Å². The van der Waals surface area contributed by atoms with Crippen LogP contribution in [0.25, 0.3) is 0 Å². The van der Waals surface area contributed by atoms with Crippen molar-refractivity contribution in [1.29, 1.82) is 0 Å². The van der Waals surface area contributed by atoms with E-state index < -0.39 is 0 Å². The van der Waals surface area contributed by atoms with Crippen molar-refractivity contribution in [1.82, 2.24) is 14.7 Å². The molecule has 1 aromatic carbocycles. The third-order valence-corrected chi connectivity index (χ3v) is 6.43. The van der Waals surface area contributed by atoms with E-state index in [9.17, 15) is 14.4 Å². The molecule has 4 amide bonds. The molecule has 1 aromatic rings. The van der Waals surface area contributed by atoms with Crippen molar-refractivity contribution < 1.29 is 14.4 Å². The number of urea groups is 1. The Kier molecular flexibility index (Phi) is 7.00. The highest BCUT2D eigenvalue weighted by Crippen LogP contribution is 2.34. The normalized spacial score (nSPS) is 21.1. The molecule has 29 heavy (non-hydrogen) atoms. The smallest absolute Gasteiger partial charge is 0.327 e. The number of thioether (sulfide) groups is 1. The van der Waals surface area contributed by atoms with E-state index in [0.29, 0.717) is 25.6 Å². The molecule has 0 aliphatic carbocycles. The van der Waals surface area contributed by atoms with Crippen LogP contribution in [0.4, 0.5) is 4.79 Å². The van der Waals surface area contributed by atoms with Gasteiger partial charge in [-0.05, 0) is 30.2 Å². The number of hydrogen-bond donors (Lipinski definition) is 0. The quantitative estimate of drug-likeness (QED) is 0.653. The standard InChI is InChI=1S/C22H29N3O3S/c1-4-23(14-17-8-6-5-7-9-17)19(26)15-25-18-11-13-29-20(18)21(27)24(22(25)28)12-10-16(2)3/h5-9,11,13,16,18,20H,4,10,12,14-15H2,1-3H3. The SMILES string of the molecule is CCN(Cc1ccccc1)C(=O)CN1C(=O)N(CCC(C)C)C(=O)C2SC=CC21. The van der Waals surface area contributed by atoms with Crippen LogP contribution >= 0.6 is 11.8 Å². The van der Waals surface area contributed by atoms with Crippen molar-refractivity contribution >= 4 is 29.6 Å². The first kappa shape index (κ1) is 21.4. The summed E-state index contributed by atoms with van der Waals surface area (Å²) in [5.74, 6) is 0.141. The monoisotopic (exact) mass is 415 g/mol. The van der Waals surface area contributed by atoms with Gasteiger partial charge in [-0.3, -0.25) is 14.5 Å². The van der Waals surface area contributed by atoms with Crippen LogP contribution in [0, 0.1) is 5.92 Å². The minimum Gasteiger partial charge on any atom is -0.337 e. The molecule has 7 heteroatoms. The number of fused-ring (bicyclic) bond motifs is 1. The third kappa shape index (κ3) is 4.83. The van der Waals surface area contributed by atoms with Crippen molar-refractivity contribution in [3.05, 3.63) is 47.4 Å². The minimum absolute atomic E-state index is 0.0168. The molecule has 0 saturated carbocycles. The summed E-state index contributed by atoms with van der Waals surface area (Å²) in [6.07, 6.45) is 2.62. The molecular weight excluding hydrogens is 386 g/mol. The van der Waals surface area contributed by atoms with Gasteiger partial charge in [0.2, 0.25) is 11.8 Å². The zero-order valence-electron chi connectivity index (χ0n) is 17.3. The van der Waals surface area contributed by atoms with E-state index in [1.54, 1.807) is 9.80 Å². The topological polar surface area (TPSA) is 60.9 Å². The van der Waals surface area contributed by atoms with Gasteiger partial charge < -0.3 is 9.80 Å². The van der Waals surface area contributed by atoms with Gasteiger partial charge in [0.05, 0.1) is 6.04 Å². The van der Waals surface area contributed by atoms with Crippen LogP contribution in [0.1, 0.15) is 32.8 Å². The summed E-state index contributed by atoms with van der Waals surface area (Å²) in [5.41, 5.74) is 1.05. The number of amides is 4. The molecule has 6 nitrogen and oxygen atoms in total. The Bertz CT molecular complexity index is 781. The fraction of sp³-hybridized carbons (Fsp3) is 0.500. The van der Waals surface area contributed by atoms with Crippen LogP contribution in [-0.4, -0.2) is 63.5 Å². The van der Waals surface area contributed by atoms with Gasteiger partial charge in [-0.25, -0.2) is 4.79 Å². The lowest BCUT2D eigenvalue weighted by Crippen LogP contribution is -2.63. The molecule has 2 heterocycles. The van der Waals surface area contributed by atoms with E-state index in [1.165, 1.54) is 16.7 Å². The molecule has 156 valence electrons. The van der Waals surface area contributed by atoms with Gasteiger partial charge in [0, 0.05) is 19.6 Å². The Balaban J connectivity index is 1.74. The first-order valence-corrected chi connectivity index (χ1v) is 11.1. The Hall–Kier alpha value is -2.28. The summed E-state index contributed by atoms with van der Waals surface area (Å²) in [5, 5.41) is 1.52. The van der Waals surface area contributed by atoms with Crippen molar-refractivity contribution in [2.24, 2.45) is 5.92 Å². The minimum atomic E-state index is -0.354. The maximum absolute atomic E-state index is 13.1. The molecule has 0 radical (unpaired) electrons. The van der Waals surface area contributed by atoms with E-state index in [0.717, 1.165) is 12.0 Å². The van der Waals surface area contributed by atoms with Crippen LogP contribution in [0.5, 0.6) is 0 Å². The van der Waals surface area contributed by atoms with Gasteiger partial charge in [-0.1, -0.05) is 50.3 Å². The van der Waals surface area contributed by atoms with Gasteiger partial charge in [0.1, 0.15) is 11.8 Å². The zero-order chi connectivity index (χ0) is 21.0. The molecule has 2 unspecified atom stereocenters. The van der Waals surface area contributed by atoms with Gasteiger partial charge >= 0.3 is 6.03 Å². The lowest BCUT2D eigenvalue weighted by Gasteiger charge is -2.41. The van der Waals surface area contributed by atoms with Gasteiger partial charge in [-0.2, -0.15) is 0 Å². The van der Waals surface area contributed by atoms with E-state index in [4.69, 9.17) is 0 Å². The molecule has 0 bridgehead atoms. The number of rotatable bonds is 8. The van der Waals surface area contributed by atoms with Gasteiger partial charge in [0.25, 0.3) is 0 Å². The van der Waals surface area contributed by atoms with Crippen LogP contribution in [0.2, 0.25) is 0 Å². The fourth-order valence-electron chi connectivity index (χ4n) is 3.59. The fourth-order valence-corrected chi connectivity index (χ4v) is 4.65. The lowest BCUT2D eigenvalue weighted by atomic mass is 10.1. The van der Waals surface area contributed by atoms with E-state index >= 15 is 0 Å². The average Bonchev–Trinajstić information content (AvgIpc) is 3.19. The number of benzene rings is 1. The van der Waals surface area contributed by atoms with E-state index in [1.807, 2.05) is 48.7 Å². The highest BCUT2D eigenvalue weighted by atomic mass is 32.2. The first-order chi connectivity index (χ1) is 13.9. The molecule has 3 rings (SSSR count). The largest absolute Gasteiger partial charge is 0.337 e. The maximum atomic E-state index is 13.1. The number of carbonyl (C=O) groups is 3. The highest BCUT2D eigenvalue weighted by Gasteiger charge is 2.47. The van der Waals surface area contributed by atoms with Crippen molar-refractivity contribution in [3.8, 4) is 0 Å². The second-order valence-electron chi connectivity index (χ2n) is 7.85. The maximum Gasteiger partial charge on any atom is 0.327 e. The number of carbonyl (C=O) groups excluding carboxylic acids is 3. The molecular formula is C22H29N3O3S. The van der Waals surface area contributed by atoms with E-state index in [-0.39, 0.29) is 35.7 Å². The number of hydrogen-bond acceptors (Lipinski definition) is 4. The van der Waals surface area contributed by atoms with Crippen LogP contribution < -0.4 is 0 Å². The molecule has 0 N–H and O–H groups in total. The Morgan fingerprint density at radius 3 is 2.59 bits per heavy atom. The first-order valence-electron chi connectivity index (χ1n) is 10.2. The molecule has 0 aromatic heterocycles. The summed E-state index contributed by atoms with van der Waals surface area (Å²) in [7, 11) is 0. The summed E-state index contributed by atoms with van der Waals surface area (Å²) >= 11 is 1.43. The molecule has 1 saturated heterocycles. The molecule has 2 aliphatic heterocycles. The summed E-state index contributed by atoms with van der Waals surface area (Å²) in [6, 6.07) is 9.11. The van der Waals surface area contributed by atoms with Gasteiger partial charge in [-0.15, -0.1) is 11.8 Å². The highest BCUT2D eigenvalue weighted by molar-refractivity contribution is 8.03. The number of likely N-dealkylation sites (N-methyl/N-ethyl adjacent to an activating group) is 1. The summed E-state index contributed by atoms with van der Waals surface area (Å²) in [4.78, 5) is 43.6. The molecule has 0 spiro atoms. The van der Waals surface area contributed by atoms with Crippen molar-refractivity contribution in [3.63, 3.8) is 0 Å². The number of nitrogens with zero attached hydrogens (tertiary/aromatic N) is 3. The Morgan fingerprint density at radius 2 is 1.93 bits per heavy atom. The molecule has 2 aliphatic rings. The summed E-state index contributed by atoms with van der Waals surface area (Å²) < 4.78 is 0. The summed E-state index contributed by atoms with van der Waals surface area (Å²) in [6.45, 7) is 7.51.